The highest BCUT2D eigenvalue weighted by molar-refractivity contribution is 7.09. The molecule has 30 heavy (non-hydrogen) atoms. The number of aryl methyl sites for hydroxylation is 2. The Kier molecular flexibility index (Phi) is 5.19. The minimum absolute atomic E-state index is 0.0336. The summed E-state index contributed by atoms with van der Waals surface area (Å²) in [7, 11) is 0. The highest BCUT2D eigenvalue weighted by Gasteiger charge is 2.18. The number of thiazole rings is 1. The molecule has 0 saturated heterocycles. The fourth-order valence-electron chi connectivity index (χ4n) is 3.75. The lowest BCUT2D eigenvalue weighted by atomic mass is 9.96. The number of carbonyl (C=O) groups excluding carboxylic acids is 1. The normalized spacial score (nSPS) is 13.2. The van der Waals surface area contributed by atoms with E-state index in [9.17, 15) is 4.79 Å². The van der Waals surface area contributed by atoms with E-state index in [-0.39, 0.29) is 12.5 Å². The summed E-state index contributed by atoms with van der Waals surface area (Å²) in [6.45, 7) is 0.348. The summed E-state index contributed by atoms with van der Waals surface area (Å²) in [4.78, 5) is 20.8. The molecule has 0 radical (unpaired) electrons. The molecule has 4 aromatic rings. The quantitative estimate of drug-likeness (QED) is 0.497. The molecule has 0 atom stereocenters. The predicted molar refractivity (Wildman–Crippen MR) is 116 cm³/mol. The zero-order valence-electron chi connectivity index (χ0n) is 16.4. The van der Waals surface area contributed by atoms with Crippen molar-refractivity contribution in [1.29, 1.82) is 0 Å². The van der Waals surface area contributed by atoms with E-state index in [1.807, 2.05) is 35.7 Å². The molecule has 6 nitrogen and oxygen atoms in total. The molecule has 1 N–H and O–H groups in total. The Hall–Kier alpha value is -3.19. The van der Waals surface area contributed by atoms with E-state index in [1.165, 1.54) is 29.7 Å². The molecule has 0 fully saturated rings. The van der Waals surface area contributed by atoms with Crippen LogP contribution in [0.5, 0.6) is 5.75 Å². The van der Waals surface area contributed by atoms with Gasteiger partial charge in [-0.25, -0.2) is 4.98 Å². The van der Waals surface area contributed by atoms with Crippen LogP contribution in [0.2, 0.25) is 0 Å². The predicted octanol–water partition coefficient (Wildman–Crippen LogP) is 4.53. The largest absolute Gasteiger partial charge is 0.484 e. The number of nitrogens with zero attached hydrogens (tertiary/aromatic N) is 2. The number of hydrogen-bond acceptors (Lipinski definition) is 6. The maximum atomic E-state index is 12.2. The Bertz CT molecular complexity index is 1180. The van der Waals surface area contributed by atoms with Gasteiger partial charge in [0.05, 0.1) is 12.2 Å². The number of hydrogen-bond donors (Lipinski definition) is 1. The average molecular weight is 420 g/mol. The molecular formula is C23H21N3O3S. The summed E-state index contributed by atoms with van der Waals surface area (Å²) in [5.41, 5.74) is 4.09. The van der Waals surface area contributed by atoms with Crippen LogP contribution < -0.4 is 10.1 Å². The van der Waals surface area contributed by atoms with Gasteiger partial charge in [-0.3, -0.25) is 9.78 Å². The number of aromatic nitrogens is 2. The summed E-state index contributed by atoms with van der Waals surface area (Å²) >= 11 is 1.52. The number of pyridine rings is 1. The third-order valence-corrected chi connectivity index (χ3v) is 6.11. The number of nitrogens with one attached hydrogen (secondary N) is 1. The number of amides is 1. The van der Waals surface area contributed by atoms with E-state index in [1.54, 1.807) is 12.4 Å². The van der Waals surface area contributed by atoms with E-state index in [0.29, 0.717) is 12.3 Å². The second kappa shape index (κ2) is 8.28. The van der Waals surface area contributed by atoms with Crippen molar-refractivity contribution in [1.82, 2.24) is 15.3 Å². The molecule has 0 aliphatic heterocycles. The van der Waals surface area contributed by atoms with Crippen molar-refractivity contribution in [2.24, 2.45) is 0 Å². The Morgan fingerprint density at radius 2 is 2.03 bits per heavy atom. The SMILES string of the molecule is O=C(COc1ccc2oc3c(c2c1)CCCC3)NCc1nc(-c2ccncc2)cs1. The molecule has 0 saturated carbocycles. The molecule has 1 amide bonds. The molecule has 7 heteroatoms. The van der Waals surface area contributed by atoms with Crippen LogP contribution in [-0.4, -0.2) is 22.5 Å². The Morgan fingerprint density at radius 3 is 2.93 bits per heavy atom. The first-order valence-corrected chi connectivity index (χ1v) is 10.9. The molecule has 3 aromatic heterocycles. The van der Waals surface area contributed by atoms with Gasteiger partial charge in [0.15, 0.2) is 6.61 Å². The van der Waals surface area contributed by atoms with Gasteiger partial charge in [-0.2, -0.15) is 0 Å². The number of ether oxygens (including phenoxy) is 1. The van der Waals surface area contributed by atoms with Crippen molar-refractivity contribution in [3.8, 4) is 17.0 Å². The highest BCUT2D eigenvalue weighted by Crippen LogP contribution is 2.33. The van der Waals surface area contributed by atoms with Crippen molar-refractivity contribution in [2.45, 2.75) is 32.2 Å². The van der Waals surface area contributed by atoms with Gasteiger partial charge in [-0.05, 0) is 49.6 Å². The molecule has 3 heterocycles. The van der Waals surface area contributed by atoms with Crippen LogP contribution in [0.15, 0.2) is 52.5 Å². The van der Waals surface area contributed by atoms with E-state index in [4.69, 9.17) is 9.15 Å². The first kappa shape index (κ1) is 18.8. The number of fused-ring (bicyclic) bond motifs is 3. The molecule has 0 spiro atoms. The van der Waals surface area contributed by atoms with Crippen LogP contribution in [-0.2, 0) is 24.2 Å². The third kappa shape index (κ3) is 3.93. The molecule has 1 aliphatic rings. The van der Waals surface area contributed by atoms with Crippen LogP contribution in [0.25, 0.3) is 22.2 Å². The van der Waals surface area contributed by atoms with Gasteiger partial charge < -0.3 is 14.5 Å². The van der Waals surface area contributed by atoms with E-state index >= 15 is 0 Å². The van der Waals surface area contributed by atoms with Crippen LogP contribution in [0.1, 0.15) is 29.2 Å². The zero-order valence-corrected chi connectivity index (χ0v) is 17.2. The summed E-state index contributed by atoms with van der Waals surface area (Å²) in [5, 5.41) is 6.80. The topological polar surface area (TPSA) is 77.2 Å². The smallest absolute Gasteiger partial charge is 0.258 e. The Labute approximate surface area is 177 Å². The van der Waals surface area contributed by atoms with E-state index in [0.717, 1.165) is 45.8 Å². The van der Waals surface area contributed by atoms with Crippen molar-refractivity contribution in [2.75, 3.05) is 6.61 Å². The fraction of sp³-hybridized carbons (Fsp3) is 0.261. The fourth-order valence-corrected chi connectivity index (χ4v) is 4.50. The Morgan fingerprint density at radius 1 is 1.17 bits per heavy atom. The molecule has 152 valence electrons. The van der Waals surface area contributed by atoms with Crippen molar-refractivity contribution >= 4 is 28.2 Å². The van der Waals surface area contributed by atoms with Gasteiger partial charge in [-0.1, -0.05) is 0 Å². The van der Waals surface area contributed by atoms with Crippen molar-refractivity contribution in [3.63, 3.8) is 0 Å². The molecule has 5 rings (SSSR count). The maximum Gasteiger partial charge on any atom is 0.258 e. The van der Waals surface area contributed by atoms with Gasteiger partial charge in [0.2, 0.25) is 0 Å². The van der Waals surface area contributed by atoms with Crippen LogP contribution in [0.3, 0.4) is 0 Å². The summed E-state index contributed by atoms with van der Waals surface area (Å²) in [6.07, 6.45) is 7.90. The lowest BCUT2D eigenvalue weighted by molar-refractivity contribution is -0.123. The minimum atomic E-state index is -0.176. The van der Waals surface area contributed by atoms with Crippen LogP contribution in [0, 0.1) is 0 Å². The van der Waals surface area contributed by atoms with E-state index in [2.05, 4.69) is 15.3 Å². The summed E-state index contributed by atoms with van der Waals surface area (Å²) in [5.74, 6) is 1.60. The molecule has 1 aromatic carbocycles. The van der Waals surface area contributed by atoms with Gasteiger partial charge in [0.25, 0.3) is 5.91 Å². The number of rotatable bonds is 6. The third-order valence-electron chi connectivity index (χ3n) is 5.26. The molecule has 0 unspecified atom stereocenters. The van der Waals surface area contributed by atoms with Crippen molar-refractivity contribution < 1.29 is 13.9 Å². The lowest BCUT2D eigenvalue weighted by Gasteiger charge is -2.09. The van der Waals surface area contributed by atoms with Gasteiger partial charge >= 0.3 is 0 Å². The second-order valence-electron chi connectivity index (χ2n) is 7.30. The van der Waals surface area contributed by atoms with Crippen LogP contribution >= 0.6 is 11.3 Å². The molecule has 0 bridgehead atoms. The monoisotopic (exact) mass is 419 g/mol. The minimum Gasteiger partial charge on any atom is -0.484 e. The summed E-state index contributed by atoms with van der Waals surface area (Å²) in [6, 6.07) is 9.60. The second-order valence-corrected chi connectivity index (χ2v) is 8.24. The highest BCUT2D eigenvalue weighted by atomic mass is 32.1. The number of benzene rings is 1. The Balaban J connectivity index is 1.17. The number of furan rings is 1. The summed E-state index contributed by atoms with van der Waals surface area (Å²) < 4.78 is 11.7. The zero-order chi connectivity index (χ0) is 20.3. The van der Waals surface area contributed by atoms with Gasteiger partial charge in [0, 0.05) is 40.7 Å². The van der Waals surface area contributed by atoms with Crippen LogP contribution in [0.4, 0.5) is 0 Å². The first-order chi connectivity index (χ1) is 14.8. The number of carbonyl (C=O) groups is 1. The first-order valence-electron chi connectivity index (χ1n) is 10.0. The molecular weight excluding hydrogens is 398 g/mol. The van der Waals surface area contributed by atoms with Crippen molar-refractivity contribution in [3.05, 3.63) is 64.4 Å². The lowest BCUT2D eigenvalue weighted by Crippen LogP contribution is -2.28. The average Bonchev–Trinajstić information content (AvgIpc) is 3.41. The van der Waals surface area contributed by atoms with E-state index < -0.39 is 0 Å². The maximum absolute atomic E-state index is 12.2. The standard InChI is InChI=1S/C23H21N3O3S/c27-22(25-12-23-26-19(14-30-23)15-7-9-24-10-8-15)13-28-16-5-6-21-18(11-16)17-3-1-2-4-20(17)29-21/h5-11,14H,1-4,12-13H2,(H,25,27). The van der Waals surface area contributed by atoms with Gasteiger partial charge in [-0.15, -0.1) is 11.3 Å². The molecule has 1 aliphatic carbocycles. The van der Waals surface area contributed by atoms with Gasteiger partial charge in [0.1, 0.15) is 22.1 Å².